The Bertz CT molecular complexity index is 513. The number of likely N-dealkylation sites (N-methyl/N-ethyl adjacent to an activating group) is 1. The summed E-state index contributed by atoms with van der Waals surface area (Å²) in [6.07, 6.45) is 0.0134. The second-order valence-electron chi connectivity index (χ2n) is 6.82. The zero-order valence-corrected chi connectivity index (χ0v) is 15.3. The monoisotopic (exact) mass is 335 g/mol. The normalized spacial score (nSPS) is 12.1. The minimum absolute atomic E-state index is 0.180. The van der Waals surface area contributed by atoms with Gasteiger partial charge < -0.3 is 9.47 Å². The zero-order valence-electron chi connectivity index (χ0n) is 15.3. The summed E-state index contributed by atoms with van der Waals surface area (Å²) in [5, 5.41) is 0. The number of rotatable bonds is 8. The summed E-state index contributed by atoms with van der Waals surface area (Å²) in [5.41, 5.74) is 0.905. The van der Waals surface area contributed by atoms with Gasteiger partial charge in [0, 0.05) is 7.05 Å². The van der Waals surface area contributed by atoms with E-state index in [9.17, 15) is 9.59 Å². The van der Waals surface area contributed by atoms with Crippen LogP contribution in [0, 0.1) is 11.8 Å². The molecule has 5 heteroatoms. The fourth-order valence-corrected chi connectivity index (χ4v) is 2.15. The van der Waals surface area contributed by atoms with E-state index >= 15 is 0 Å². The Balaban J connectivity index is 2.66. The molecule has 1 amide bonds. The number of hydrogen-bond donors (Lipinski definition) is 0. The average Bonchev–Trinajstić information content (AvgIpc) is 2.55. The van der Waals surface area contributed by atoms with E-state index in [2.05, 4.69) is 0 Å². The van der Waals surface area contributed by atoms with Gasteiger partial charge in [-0.15, -0.1) is 0 Å². The second-order valence-corrected chi connectivity index (χ2v) is 6.82. The summed E-state index contributed by atoms with van der Waals surface area (Å²) in [6, 6.07) is 8.81. The Morgan fingerprint density at radius 1 is 1.00 bits per heavy atom. The highest BCUT2D eigenvalue weighted by atomic mass is 16.6. The Hall–Kier alpha value is -2.04. The molecule has 0 heterocycles. The lowest BCUT2D eigenvalue weighted by molar-refractivity contribution is -0.150. The number of carbonyl (C=O) groups is 2. The van der Waals surface area contributed by atoms with Crippen LogP contribution >= 0.6 is 0 Å². The first-order chi connectivity index (χ1) is 11.3. The van der Waals surface area contributed by atoms with E-state index in [0.717, 1.165) is 5.56 Å². The molecule has 0 N–H and O–H groups in total. The molecule has 0 bridgehead atoms. The van der Waals surface area contributed by atoms with Gasteiger partial charge >= 0.3 is 12.1 Å². The molecule has 1 unspecified atom stereocenters. The smallest absolute Gasteiger partial charge is 0.410 e. The van der Waals surface area contributed by atoms with Gasteiger partial charge in [0.1, 0.15) is 12.6 Å². The number of ether oxygens (including phenoxy) is 2. The molecular formula is C19H29NO4. The van der Waals surface area contributed by atoms with Gasteiger partial charge in [0.05, 0.1) is 6.61 Å². The molecule has 1 rings (SSSR count). The second kappa shape index (κ2) is 9.96. The van der Waals surface area contributed by atoms with Crippen molar-refractivity contribution in [1.82, 2.24) is 4.90 Å². The Labute approximate surface area is 144 Å². The first-order valence-electron chi connectivity index (χ1n) is 8.41. The summed E-state index contributed by atoms with van der Waals surface area (Å²) >= 11 is 0. The third kappa shape index (κ3) is 7.02. The minimum atomic E-state index is -0.632. The van der Waals surface area contributed by atoms with Crippen molar-refractivity contribution in [3.05, 3.63) is 35.9 Å². The highest BCUT2D eigenvalue weighted by Gasteiger charge is 2.30. The molecule has 1 aromatic carbocycles. The van der Waals surface area contributed by atoms with Crippen molar-refractivity contribution >= 4 is 12.1 Å². The maximum atomic E-state index is 12.3. The lowest BCUT2D eigenvalue weighted by Crippen LogP contribution is -2.44. The number of benzene rings is 1. The summed E-state index contributed by atoms with van der Waals surface area (Å²) in [6.45, 7) is 8.49. The topological polar surface area (TPSA) is 55.8 Å². The molecule has 0 aliphatic heterocycles. The first kappa shape index (κ1) is 20.0. The summed E-state index contributed by atoms with van der Waals surface area (Å²) in [4.78, 5) is 25.9. The van der Waals surface area contributed by atoms with Crippen molar-refractivity contribution in [1.29, 1.82) is 0 Å². The summed E-state index contributed by atoms with van der Waals surface area (Å²) < 4.78 is 10.6. The van der Waals surface area contributed by atoms with E-state index in [1.165, 1.54) is 4.90 Å². The highest BCUT2D eigenvalue weighted by Crippen LogP contribution is 2.14. The molecule has 0 aliphatic carbocycles. The summed E-state index contributed by atoms with van der Waals surface area (Å²) in [5.74, 6) is 0.131. The molecular weight excluding hydrogens is 306 g/mol. The van der Waals surface area contributed by atoms with Gasteiger partial charge in [-0.1, -0.05) is 58.0 Å². The third-order valence-electron chi connectivity index (χ3n) is 3.49. The first-order valence-corrected chi connectivity index (χ1v) is 8.41. The van der Waals surface area contributed by atoms with Gasteiger partial charge in [0.2, 0.25) is 0 Å². The molecule has 24 heavy (non-hydrogen) atoms. The predicted octanol–water partition coefficient (Wildman–Crippen LogP) is 3.87. The van der Waals surface area contributed by atoms with Crippen LogP contribution < -0.4 is 0 Å². The molecule has 0 aliphatic rings. The van der Waals surface area contributed by atoms with Crippen LogP contribution in [0.25, 0.3) is 0 Å². The van der Waals surface area contributed by atoms with Crippen LogP contribution in [0.5, 0.6) is 0 Å². The lowest BCUT2D eigenvalue weighted by atomic mass is 10.0. The Morgan fingerprint density at radius 3 is 2.17 bits per heavy atom. The molecule has 0 aromatic heterocycles. The van der Waals surface area contributed by atoms with Crippen molar-refractivity contribution < 1.29 is 19.1 Å². The van der Waals surface area contributed by atoms with E-state index in [1.54, 1.807) is 7.05 Å². The van der Waals surface area contributed by atoms with Crippen LogP contribution in [-0.4, -0.2) is 36.7 Å². The highest BCUT2D eigenvalue weighted by molar-refractivity contribution is 5.81. The molecule has 0 saturated carbocycles. The summed E-state index contributed by atoms with van der Waals surface area (Å²) in [7, 11) is 1.58. The Morgan fingerprint density at radius 2 is 1.62 bits per heavy atom. The zero-order chi connectivity index (χ0) is 18.1. The van der Waals surface area contributed by atoms with Crippen LogP contribution in [-0.2, 0) is 20.9 Å². The van der Waals surface area contributed by atoms with E-state index in [0.29, 0.717) is 13.0 Å². The van der Waals surface area contributed by atoms with Crippen molar-refractivity contribution in [3.8, 4) is 0 Å². The van der Waals surface area contributed by atoms with Gasteiger partial charge in [-0.2, -0.15) is 0 Å². The SMILES string of the molecule is CC(C)COC(=O)C(CC(C)C)N(C)C(=O)OCc1ccccc1. The predicted molar refractivity (Wildman–Crippen MR) is 93.4 cm³/mol. The molecule has 0 spiro atoms. The fourth-order valence-electron chi connectivity index (χ4n) is 2.15. The number of carbonyl (C=O) groups excluding carboxylic acids is 2. The molecule has 134 valence electrons. The maximum Gasteiger partial charge on any atom is 0.410 e. The number of amides is 1. The van der Waals surface area contributed by atoms with Crippen molar-refractivity contribution in [2.45, 2.75) is 46.8 Å². The van der Waals surface area contributed by atoms with Crippen LogP contribution in [0.15, 0.2) is 30.3 Å². The average molecular weight is 335 g/mol. The van der Waals surface area contributed by atoms with Gasteiger partial charge in [-0.05, 0) is 23.8 Å². The molecule has 0 radical (unpaired) electrons. The van der Waals surface area contributed by atoms with E-state index in [1.807, 2.05) is 58.0 Å². The van der Waals surface area contributed by atoms with Crippen LogP contribution in [0.4, 0.5) is 4.79 Å². The largest absolute Gasteiger partial charge is 0.464 e. The maximum absolute atomic E-state index is 12.3. The van der Waals surface area contributed by atoms with Crippen LogP contribution in [0.2, 0.25) is 0 Å². The van der Waals surface area contributed by atoms with Gasteiger partial charge in [0.25, 0.3) is 0 Å². The Kier molecular flexibility index (Phi) is 8.30. The minimum Gasteiger partial charge on any atom is -0.464 e. The molecule has 1 aromatic rings. The molecule has 0 fully saturated rings. The van der Waals surface area contributed by atoms with E-state index in [4.69, 9.17) is 9.47 Å². The van der Waals surface area contributed by atoms with Crippen molar-refractivity contribution in [2.75, 3.05) is 13.7 Å². The molecule has 5 nitrogen and oxygen atoms in total. The van der Waals surface area contributed by atoms with Crippen molar-refractivity contribution in [3.63, 3.8) is 0 Å². The van der Waals surface area contributed by atoms with Crippen molar-refractivity contribution in [2.24, 2.45) is 11.8 Å². The quantitative estimate of drug-likeness (QED) is 0.677. The fraction of sp³-hybridized carbons (Fsp3) is 0.579. The van der Waals surface area contributed by atoms with Gasteiger partial charge in [-0.3, -0.25) is 4.90 Å². The molecule has 1 atom stereocenters. The van der Waals surface area contributed by atoms with Crippen LogP contribution in [0.1, 0.15) is 39.7 Å². The standard InChI is InChI=1S/C19H29NO4/c1-14(2)11-17(18(21)23-12-15(3)4)20(5)19(22)24-13-16-9-7-6-8-10-16/h6-10,14-15,17H,11-13H2,1-5H3. The third-order valence-corrected chi connectivity index (χ3v) is 3.49. The van der Waals surface area contributed by atoms with E-state index < -0.39 is 12.1 Å². The number of hydrogen-bond acceptors (Lipinski definition) is 4. The number of nitrogens with zero attached hydrogens (tertiary/aromatic N) is 1. The number of esters is 1. The van der Waals surface area contributed by atoms with Gasteiger partial charge in [-0.25, -0.2) is 9.59 Å². The van der Waals surface area contributed by atoms with Crippen LogP contribution in [0.3, 0.4) is 0 Å². The lowest BCUT2D eigenvalue weighted by Gasteiger charge is -2.27. The van der Waals surface area contributed by atoms with E-state index in [-0.39, 0.29) is 24.4 Å². The molecule has 0 saturated heterocycles. The van der Waals surface area contributed by atoms with Gasteiger partial charge in [0.15, 0.2) is 0 Å².